The minimum Gasteiger partial charge on any atom is -0.454 e. The topological polar surface area (TPSA) is 49.1 Å². The van der Waals surface area contributed by atoms with Crippen molar-refractivity contribution in [1.29, 1.82) is 0 Å². The lowest BCUT2D eigenvalue weighted by molar-refractivity contribution is 0.666. The van der Waals surface area contributed by atoms with E-state index in [9.17, 15) is 0 Å². The Morgan fingerprint density at radius 2 is 0.386 bits per heavy atom. The van der Waals surface area contributed by atoms with Gasteiger partial charge in [0.1, 0.15) is 16.7 Å². The van der Waals surface area contributed by atoms with Gasteiger partial charge in [-0.3, -0.25) is 0 Å². The zero-order chi connectivity index (χ0) is 96.0. The minimum absolute atomic E-state index is 0.838. The maximum atomic E-state index is 6.58. The average molecular weight is 1870 g/mol. The Hall–Kier alpha value is -18.9. The number of hydrogen-bond donors (Lipinski definition) is 0. The third kappa shape index (κ3) is 16.4. The molecule has 0 aliphatic heterocycles. The second-order valence-corrected chi connectivity index (χ2v) is 37.9. The van der Waals surface area contributed by atoms with Crippen molar-refractivity contribution in [2.75, 3.05) is 14.7 Å². The molecule has 28 aromatic rings. The van der Waals surface area contributed by atoms with Gasteiger partial charge in [-0.1, -0.05) is 425 Å². The molecule has 7 heteroatoms. The van der Waals surface area contributed by atoms with Crippen LogP contribution < -0.4 is 14.7 Å². The summed E-state index contributed by atoms with van der Waals surface area (Å²) in [4.78, 5) is 6.98. The van der Waals surface area contributed by atoms with Crippen molar-refractivity contribution in [3.63, 3.8) is 0 Å². The van der Waals surface area contributed by atoms with E-state index in [0.29, 0.717) is 0 Å². The third-order valence-corrected chi connectivity index (χ3v) is 29.4. The molecule has 0 saturated carbocycles. The molecule has 0 N–H and O–H groups in total. The smallest absolute Gasteiger partial charge is 0.159 e. The highest BCUT2D eigenvalue weighted by Crippen LogP contribution is 2.51. The molecule has 0 bridgehead atoms. The lowest BCUT2D eigenvalue weighted by Gasteiger charge is -2.26. The van der Waals surface area contributed by atoms with Gasteiger partial charge in [-0.25, -0.2) is 0 Å². The molecule has 4 aromatic heterocycles. The molecule has 0 aliphatic carbocycles. The van der Waals surface area contributed by atoms with Gasteiger partial charge in [-0.2, -0.15) is 0 Å². The van der Waals surface area contributed by atoms with Gasteiger partial charge in [-0.15, -0.1) is 11.3 Å². The average Bonchev–Trinajstić information content (AvgIpc) is 1.60. The number of rotatable bonds is 17. The van der Waals surface area contributed by atoms with E-state index in [1.807, 2.05) is 47.7 Å². The predicted molar refractivity (Wildman–Crippen MR) is 614 cm³/mol. The summed E-state index contributed by atoms with van der Waals surface area (Å²) in [6.07, 6.45) is 0. The molecule has 0 aliphatic rings. The van der Waals surface area contributed by atoms with E-state index >= 15 is 0 Å². The Labute approximate surface area is 843 Å². The van der Waals surface area contributed by atoms with Gasteiger partial charge in [0, 0.05) is 76.2 Å². The van der Waals surface area contributed by atoms with Crippen molar-refractivity contribution in [2.45, 2.75) is 0 Å². The molecule has 0 unspecified atom stereocenters. The summed E-state index contributed by atoms with van der Waals surface area (Å²) in [5.74, 6) is 0. The zero-order valence-corrected chi connectivity index (χ0v) is 79.8. The SMILES string of the molecule is c1ccc(-c2ccc(N(c3ccc(-c4ccc5c(-c6ccccc6)cccc5c4)cc3)c3cccc4c3oc3ccccc34)cc2)cc1.c1ccc(-c2ccc(N(c3ccc(-c4ccc5c(-c6ccccc6)cccc5c4)cc3)c3cccc4c3sc3ccccc34)cc2)cc1.c1ccc(-c2cccc3cc(-c4ccc(N(c5cccc6c5oc5ccccc56)c5cccc6c5oc5ccccc56)cc4)ccc23)cc1. The Kier molecular flexibility index (Phi) is 22.5. The molecule has 145 heavy (non-hydrogen) atoms. The number of benzene rings is 24. The summed E-state index contributed by atoms with van der Waals surface area (Å²) < 4.78 is 22.3. The molecule has 24 aromatic carbocycles. The van der Waals surface area contributed by atoms with Gasteiger partial charge >= 0.3 is 0 Å². The largest absolute Gasteiger partial charge is 0.454 e. The third-order valence-electron chi connectivity index (χ3n) is 28.2. The van der Waals surface area contributed by atoms with Crippen molar-refractivity contribution < 1.29 is 13.3 Å². The highest BCUT2D eigenvalue weighted by molar-refractivity contribution is 7.26. The maximum absolute atomic E-state index is 6.58. The Balaban J connectivity index is 0.000000111. The van der Waals surface area contributed by atoms with E-state index in [2.05, 4.69) is 530 Å². The molecule has 0 radical (unpaired) electrons. The van der Waals surface area contributed by atoms with Crippen LogP contribution in [0.25, 0.3) is 207 Å². The second-order valence-electron chi connectivity index (χ2n) is 36.8. The quantitative estimate of drug-likeness (QED) is 0.0905. The molecule has 0 saturated heterocycles. The normalized spacial score (nSPS) is 11.4. The van der Waals surface area contributed by atoms with E-state index in [1.165, 1.54) is 142 Å². The predicted octanol–water partition coefficient (Wildman–Crippen LogP) is 40.3. The first kappa shape index (κ1) is 86.4. The zero-order valence-electron chi connectivity index (χ0n) is 79.0. The molecular formula is C138H91N3O3S. The van der Waals surface area contributed by atoms with Crippen LogP contribution in [-0.2, 0) is 0 Å². The number of nitrogens with zero attached hydrogens (tertiary/aromatic N) is 3. The van der Waals surface area contributed by atoms with Crippen LogP contribution in [0.5, 0.6) is 0 Å². The Bertz CT molecular complexity index is 9190. The standard InChI is InChI=1S/C46H29NO2.C46H31NO.C46H31NS/c1-2-11-31(12-3-1)35-16-8-13-33-29-32(25-28-36(33)35)30-23-26-34(27-24-30)47(41-19-9-17-39-37-14-4-6-21-43(37)48-45(39)41)42-20-10-18-40-38-15-5-7-22-44(38)49-46(40)42;2*1-3-11-32(12-4-1)33-21-26-38(27-22-33)47(44-19-10-18-43-42-16-7-8-20-45(42)48-46(43)44)39-28-23-34(24-29-39)36-25-30-41-37(31-36)15-9-17-40(41)35-13-5-2-6-14-35/h1-29H;2*1-31H. The molecule has 0 amide bonds. The second kappa shape index (κ2) is 37.7. The summed E-state index contributed by atoms with van der Waals surface area (Å²) in [6.45, 7) is 0. The molecule has 682 valence electrons. The van der Waals surface area contributed by atoms with Gasteiger partial charge in [0.2, 0.25) is 0 Å². The van der Waals surface area contributed by atoms with Gasteiger partial charge in [0.25, 0.3) is 0 Å². The summed E-state index contributed by atoms with van der Waals surface area (Å²) in [5.41, 5.74) is 34.1. The van der Waals surface area contributed by atoms with E-state index < -0.39 is 0 Å². The van der Waals surface area contributed by atoms with Crippen molar-refractivity contribution in [2.24, 2.45) is 0 Å². The highest BCUT2D eigenvalue weighted by atomic mass is 32.1. The number of para-hydroxylation sites is 6. The molecule has 4 heterocycles. The molecule has 0 atom stereocenters. The monoisotopic (exact) mass is 1870 g/mol. The molecule has 0 spiro atoms. The maximum Gasteiger partial charge on any atom is 0.159 e. The molecule has 28 rings (SSSR count). The lowest BCUT2D eigenvalue weighted by Crippen LogP contribution is -2.10. The summed E-state index contributed by atoms with van der Waals surface area (Å²) in [6, 6.07) is 197. The summed E-state index contributed by atoms with van der Waals surface area (Å²) in [5, 5.41) is 16.7. The van der Waals surface area contributed by atoms with Crippen LogP contribution in [0, 0.1) is 0 Å². The fraction of sp³-hybridized carbons (Fsp3) is 0. The van der Waals surface area contributed by atoms with Gasteiger partial charge in [-0.05, 0) is 249 Å². The van der Waals surface area contributed by atoms with Crippen molar-refractivity contribution in [1.82, 2.24) is 0 Å². The van der Waals surface area contributed by atoms with Crippen LogP contribution in [0.1, 0.15) is 0 Å². The fourth-order valence-electron chi connectivity index (χ4n) is 21.2. The van der Waals surface area contributed by atoms with Crippen LogP contribution in [0.3, 0.4) is 0 Å². The number of anilines is 9. The number of furan rings is 3. The van der Waals surface area contributed by atoms with Crippen molar-refractivity contribution >= 4 is 181 Å². The first-order valence-electron chi connectivity index (χ1n) is 49.3. The van der Waals surface area contributed by atoms with Crippen LogP contribution in [0.4, 0.5) is 51.2 Å². The van der Waals surface area contributed by atoms with E-state index in [1.54, 1.807) is 0 Å². The first-order chi connectivity index (χ1) is 71.9. The van der Waals surface area contributed by atoms with Crippen LogP contribution in [-0.4, -0.2) is 0 Å². The lowest BCUT2D eigenvalue weighted by atomic mass is 9.95. The Morgan fingerprint density at radius 1 is 0.145 bits per heavy atom. The molecule has 6 nitrogen and oxygen atoms in total. The van der Waals surface area contributed by atoms with E-state index in [4.69, 9.17) is 13.3 Å². The van der Waals surface area contributed by atoms with Crippen LogP contribution in [0.15, 0.2) is 565 Å². The van der Waals surface area contributed by atoms with Gasteiger partial charge in [0.15, 0.2) is 16.7 Å². The Morgan fingerprint density at radius 3 is 0.731 bits per heavy atom. The molecule has 0 fully saturated rings. The summed E-state index contributed by atoms with van der Waals surface area (Å²) in [7, 11) is 0. The number of thiophene rings is 1. The van der Waals surface area contributed by atoms with E-state index in [-0.39, 0.29) is 0 Å². The first-order valence-corrected chi connectivity index (χ1v) is 50.1. The summed E-state index contributed by atoms with van der Waals surface area (Å²) >= 11 is 1.86. The van der Waals surface area contributed by atoms with Crippen LogP contribution in [0.2, 0.25) is 0 Å². The minimum atomic E-state index is 0.838. The van der Waals surface area contributed by atoms with Gasteiger partial charge < -0.3 is 28.0 Å². The molecular weight excluding hydrogens is 1780 g/mol. The van der Waals surface area contributed by atoms with Gasteiger partial charge in [0.05, 0.1) is 27.4 Å². The van der Waals surface area contributed by atoms with Crippen LogP contribution >= 0.6 is 11.3 Å². The fourth-order valence-corrected chi connectivity index (χ4v) is 22.4. The van der Waals surface area contributed by atoms with Crippen molar-refractivity contribution in [3.8, 4) is 89.0 Å². The van der Waals surface area contributed by atoms with E-state index in [0.717, 1.165) is 117 Å². The number of fused-ring (bicyclic) bond motifs is 15. The number of hydrogen-bond acceptors (Lipinski definition) is 7. The highest BCUT2D eigenvalue weighted by Gasteiger charge is 2.27. The van der Waals surface area contributed by atoms with Crippen molar-refractivity contribution in [3.05, 3.63) is 552 Å².